The smallest absolute Gasteiger partial charge is 0.179 e. The van der Waals surface area contributed by atoms with Crippen molar-refractivity contribution in [3.05, 3.63) is 23.8 Å². The molecule has 1 N–H and O–H groups in total. The van der Waals surface area contributed by atoms with E-state index in [4.69, 9.17) is 9.47 Å². The molecule has 1 saturated carbocycles. The fourth-order valence-electron chi connectivity index (χ4n) is 2.13. The van der Waals surface area contributed by atoms with Crippen LogP contribution in [-0.4, -0.2) is 31.1 Å². The van der Waals surface area contributed by atoms with Gasteiger partial charge in [-0.2, -0.15) is 0 Å². The van der Waals surface area contributed by atoms with Crippen molar-refractivity contribution in [3.8, 4) is 11.5 Å². The fourth-order valence-corrected chi connectivity index (χ4v) is 2.13. The zero-order valence-corrected chi connectivity index (χ0v) is 10.4. The van der Waals surface area contributed by atoms with Crippen LogP contribution < -0.4 is 14.8 Å². The van der Waals surface area contributed by atoms with Crippen LogP contribution in [0.3, 0.4) is 0 Å². The molecule has 1 atom stereocenters. The highest BCUT2D eigenvalue weighted by molar-refractivity contribution is 6.00. The molecule has 1 aromatic carbocycles. The normalized spacial score (nSPS) is 19.4. The topological polar surface area (TPSA) is 47.6 Å². The Kier molecular flexibility index (Phi) is 2.96. The van der Waals surface area contributed by atoms with Crippen LogP contribution in [0.25, 0.3) is 0 Å². The first kappa shape index (κ1) is 11.5. The molecule has 18 heavy (non-hydrogen) atoms. The van der Waals surface area contributed by atoms with E-state index in [-0.39, 0.29) is 11.8 Å². The highest BCUT2D eigenvalue weighted by atomic mass is 16.6. The third kappa shape index (κ3) is 2.34. The molecule has 2 aliphatic rings. The highest BCUT2D eigenvalue weighted by Crippen LogP contribution is 2.31. The van der Waals surface area contributed by atoms with E-state index >= 15 is 0 Å². The number of fused-ring (bicyclic) bond motifs is 1. The minimum atomic E-state index is -0.139. The van der Waals surface area contributed by atoms with E-state index in [1.807, 2.05) is 13.0 Å². The first-order chi connectivity index (χ1) is 8.74. The van der Waals surface area contributed by atoms with E-state index in [0.717, 1.165) is 5.75 Å². The van der Waals surface area contributed by atoms with Crippen LogP contribution in [-0.2, 0) is 0 Å². The number of rotatable bonds is 4. The summed E-state index contributed by atoms with van der Waals surface area (Å²) in [4.78, 5) is 12.2. The summed E-state index contributed by atoms with van der Waals surface area (Å²) in [5.41, 5.74) is 0.680. The summed E-state index contributed by atoms with van der Waals surface area (Å²) in [5, 5.41) is 3.31. The summed E-state index contributed by atoms with van der Waals surface area (Å²) in [6.07, 6.45) is 2.36. The molecule has 0 saturated heterocycles. The van der Waals surface area contributed by atoms with Crippen LogP contribution in [0.15, 0.2) is 18.2 Å². The number of benzene rings is 1. The van der Waals surface area contributed by atoms with Crippen molar-refractivity contribution >= 4 is 5.78 Å². The molecule has 1 heterocycles. The Balaban J connectivity index is 1.76. The Morgan fingerprint density at radius 3 is 2.72 bits per heavy atom. The van der Waals surface area contributed by atoms with Gasteiger partial charge in [0.1, 0.15) is 13.2 Å². The lowest BCUT2D eigenvalue weighted by Crippen LogP contribution is -2.35. The molecule has 1 fully saturated rings. The Labute approximate surface area is 106 Å². The quantitative estimate of drug-likeness (QED) is 0.824. The van der Waals surface area contributed by atoms with Gasteiger partial charge in [-0.3, -0.25) is 4.79 Å². The molecule has 0 spiro atoms. The second kappa shape index (κ2) is 4.61. The van der Waals surface area contributed by atoms with Crippen molar-refractivity contribution in [1.82, 2.24) is 5.32 Å². The highest BCUT2D eigenvalue weighted by Gasteiger charge is 2.26. The standard InChI is InChI=1S/C14H17NO3/c1-9(15-11-3-4-11)14(16)10-2-5-12-13(8-10)18-7-6-17-12/h2,5,8-9,11,15H,3-4,6-7H2,1H3. The van der Waals surface area contributed by atoms with Crippen molar-refractivity contribution in [2.75, 3.05) is 13.2 Å². The number of ether oxygens (including phenoxy) is 2. The molecule has 1 unspecified atom stereocenters. The third-order valence-electron chi connectivity index (χ3n) is 3.28. The van der Waals surface area contributed by atoms with Crippen LogP contribution in [0.2, 0.25) is 0 Å². The van der Waals surface area contributed by atoms with Gasteiger partial charge in [0.05, 0.1) is 6.04 Å². The summed E-state index contributed by atoms with van der Waals surface area (Å²) in [7, 11) is 0. The molecular formula is C14H17NO3. The average molecular weight is 247 g/mol. The van der Waals surface area contributed by atoms with Gasteiger partial charge in [0, 0.05) is 11.6 Å². The monoisotopic (exact) mass is 247 g/mol. The average Bonchev–Trinajstić information content (AvgIpc) is 3.21. The van der Waals surface area contributed by atoms with Gasteiger partial charge in [-0.1, -0.05) is 0 Å². The number of ketones is 1. The Morgan fingerprint density at radius 2 is 2.00 bits per heavy atom. The van der Waals surface area contributed by atoms with Gasteiger partial charge in [0.15, 0.2) is 17.3 Å². The predicted octanol–water partition coefficient (Wildman–Crippen LogP) is 1.78. The number of nitrogens with one attached hydrogen (secondary N) is 1. The molecule has 3 rings (SSSR count). The molecule has 0 aromatic heterocycles. The summed E-state index contributed by atoms with van der Waals surface area (Å²) in [6, 6.07) is 5.79. The van der Waals surface area contributed by atoms with E-state index < -0.39 is 0 Å². The third-order valence-corrected chi connectivity index (χ3v) is 3.28. The molecule has 0 radical (unpaired) electrons. The molecule has 0 amide bonds. The molecular weight excluding hydrogens is 230 g/mol. The van der Waals surface area contributed by atoms with Crippen molar-refractivity contribution in [2.45, 2.75) is 31.8 Å². The lowest BCUT2D eigenvalue weighted by Gasteiger charge is -2.19. The first-order valence-corrected chi connectivity index (χ1v) is 6.44. The van der Waals surface area contributed by atoms with Crippen LogP contribution in [0.1, 0.15) is 30.1 Å². The van der Waals surface area contributed by atoms with E-state index in [0.29, 0.717) is 30.6 Å². The van der Waals surface area contributed by atoms with Gasteiger partial charge in [0.2, 0.25) is 0 Å². The number of carbonyl (C=O) groups excluding carboxylic acids is 1. The van der Waals surface area contributed by atoms with Crippen LogP contribution >= 0.6 is 0 Å². The minimum absolute atomic E-state index is 0.110. The van der Waals surface area contributed by atoms with Crippen LogP contribution in [0, 0.1) is 0 Å². The number of hydrogen-bond acceptors (Lipinski definition) is 4. The minimum Gasteiger partial charge on any atom is -0.486 e. The largest absolute Gasteiger partial charge is 0.486 e. The van der Waals surface area contributed by atoms with Crippen LogP contribution in [0.4, 0.5) is 0 Å². The maximum Gasteiger partial charge on any atom is 0.179 e. The molecule has 4 heteroatoms. The zero-order valence-electron chi connectivity index (χ0n) is 10.4. The predicted molar refractivity (Wildman–Crippen MR) is 67.4 cm³/mol. The van der Waals surface area contributed by atoms with Crippen LogP contribution in [0.5, 0.6) is 11.5 Å². The van der Waals surface area contributed by atoms with Gasteiger partial charge < -0.3 is 14.8 Å². The summed E-state index contributed by atoms with van der Waals surface area (Å²) in [5.74, 6) is 1.50. The maximum atomic E-state index is 12.2. The van der Waals surface area contributed by atoms with E-state index in [2.05, 4.69) is 5.32 Å². The maximum absolute atomic E-state index is 12.2. The van der Waals surface area contributed by atoms with Gasteiger partial charge in [-0.15, -0.1) is 0 Å². The number of carbonyl (C=O) groups is 1. The second-order valence-electron chi connectivity index (χ2n) is 4.89. The van der Waals surface area contributed by atoms with Gasteiger partial charge >= 0.3 is 0 Å². The lowest BCUT2D eigenvalue weighted by molar-refractivity contribution is 0.0949. The van der Waals surface area contributed by atoms with E-state index in [1.165, 1.54) is 12.8 Å². The Bertz CT molecular complexity index is 468. The summed E-state index contributed by atoms with van der Waals surface area (Å²) in [6.45, 7) is 3.03. The molecule has 96 valence electrons. The van der Waals surface area contributed by atoms with Crippen molar-refractivity contribution in [1.29, 1.82) is 0 Å². The molecule has 0 bridgehead atoms. The number of Topliss-reactive ketones (excluding diaryl/α,β-unsaturated/α-hetero) is 1. The van der Waals surface area contributed by atoms with Gasteiger partial charge in [0.25, 0.3) is 0 Å². The molecule has 1 aliphatic heterocycles. The first-order valence-electron chi connectivity index (χ1n) is 6.44. The van der Waals surface area contributed by atoms with E-state index in [9.17, 15) is 4.79 Å². The second-order valence-corrected chi connectivity index (χ2v) is 4.89. The van der Waals surface area contributed by atoms with Gasteiger partial charge in [-0.05, 0) is 38.0 Å². The van der Waals surface area contributed by atoms with Gasteiger partial charge in [-0.25, -0.2) is 0 Å². The number of hydrogen-bond donors (Lipinski definition) is 1. The molecule has 1 aliphatic carbocycles. The Morgan fingerprint density at radius 1 is 1.28 bits per heavy atom. The van der Waals surface area contributed by atoms with Crippen molar-refractivity contribution < 1.29 is 14.3 Å². The SMILES string of the molecule is CC(NC1CC1)C(=O)c1ccc2c(c1)OCCO2. The zero-order chi connectivity index (χ0) is 12.5. The summed E-state index contributed by atoms with van der Waals surface area (Å²) >= 11 is 0. The van der Waals surface area contributed by atoms with Crippen molar-refractivity contribution in [3.63, 3.8) is 0 Å². The molecule has 1 aromatic rings. The molecule has 4 nitrogen and oxygen atoms in total. The summed E-state index contributed by atoms with van der Waals surface area (Å²) < 4.78 is 10.9. The van der Waals surface area contributed by atoms with Crippen molar-refractivity contribution in [2.24, 2.45) is 0 Å². The Hall–Kier alpha value is -1.55. The fraction of sp³-hybridized carbons (Fsp3) is 0.500. The van der Waals surface area contributed by atoms with E-state index in [1.54, 1.807) is 12.1 Å². The lowest BCUT2D eigenvalue weighted by atomic mass is 10.0.